The lowest BCUT2D eigenvalue weighted by atomic mass is 10.1. The van der Waals surface area contributed by atoms with Crippen LogP contribution in [0.3, 0.4) is 0 Å². The van der Waals surface area contributed by atoms with Gasteiger partial charge < -0.3 is 15.3 Å². The highest BCUT2D eigenvalue weighted by atomic mass is 16.3. The zero-order valence-electron chi connectivity index (χ0n) is 9.04. The number of phenols is 3. The minimum Gasteiger partial charge on any atom is -0.508 e. The van der Waals surface area contributed by atoms with Gasteiger partial charge in [0.2, 0.25) is 0 Å². The number of benzene rings is 2. The van der Waals surface area contributed by atoms with E-state index in [9.17, 15) is 10.2 Å². The summed E-state index contributed by atoms with van der Waals surface area (Å²) < 4.78 is 0. The van der Waals surface area contributed by atoms with Crippen LogP contribution >= 0.6 is 0 Å². The van der Waals surface area contributed by atoms with E-state index < -0.39 is 0 Å². The van der Waals surface area contributed by atoms with Gasteiger partial charge >= 0.3 is 0 Å². The third kappa shape index (κ3) is 2.78. The monoisotopic (exact) mass is 228 g/mol. The van der Waals surface area contributed by atoms with Crippen molar-refractivity contribution < 1.29 is 15.3 Å². The topological polar surface area (TPSA) is 60.7 Å². The highest BCUT2D eigenvalue weighted by molar-refractivity contribution is 5.73. The van der Waals surface area contributed by atoms with E-state index in [1.54, 1.807) is 36.4 Å². The molecular weight excluding hydrogens is 216 g/mol. The highest BCUT2D eigenvalue weighted by Crippen LogP contribution is 2.24. The molecule has 0 aliphatic rings. The molecule has 17 heavy (non-hydrogen) atoms. The average Bonchev–Trinajstić information content (AvgIpc) is 2.32. The van der Waals surface area contributed by atoms with E-state index in [1.807, 2.05) is 0 Å². The summed E-state index contributed by atoms with van der Waals surface area (Å²) in [5, 5.41) is 28.0. The molecule has 0 spiro atoms. The molecule has 0 bridgehead atoms. The minimum absolute atomic E-state index is 0.105. The van der Waals surface area contributed by atoms with Crippen LogP contribution in [0.25, 0.3) is 12.2 Å². The second-order valence-corrected chi connectivity index (χ2v) is 3.67. The summed E-state index contributed by atoms with van der Waals surface area (Å²) in [6.07, 6.45) is 3.48. The van der Waals surface area contributed by atoms with E-state index in [1.165, 1.54) is 18.2 Å². The van der Waals surface area contributed by atoms with E-state index in [0.29, 0.717) is 5.56 Å². The smallest absolute Gasteiger partial charge is 0.123 e. The molecule has 0 atom stereocenters. The zero-order chi connectivity index (χ0) is 12.3. The van der Waals surface area contributed by atoms with Crippen LogP contribution in [0.4, 0.5) is 0 Å². The largest absolute Gasteiger partial charge is 0.508 e. The number of rotatable bonds is 2. The van der Waals surface area contributed by atoms with Gasteiger partial charge in [0, 0.05) is 5.56 Å². The molecule has 2 rings (SSSR count). The Bertz CT molecular complexity index is 542. The fraction of sp³-hybridized carbons (Fsp3) is 0. The molecule has 0 amide bonds. The first kappa shape index (κ1) is 11.1. The van der Waals surface area contributed by atoms with Crippen molar-refractivity contribution in [1.82, 2.24) is 0 Å². The van der Waals surface area contributed by atoms with Crippen molar-refractivity contribution in [2.45, 2.75) is 0 Å². The summed E-state index contributed by atoms with van der Waals surface area (Å²) in [6.45, 7) is 0. The first-order valence-electron chi connectivity index (χ1n) is 5.14. The van der Waals surface area contributed by atoms with Gasteiger partial charge in [0.05, 0.1) is 0 Å². The van der Waals surface area contributed by atoms with Crippen LogP contribution in [0.1, 0.15) is 11.1 Å². The lowest BCUT2D eigenvalue weighted by Gasteiger charge is -2.00. The lowest BCUT2D eigenvalue weighted by molar-refractivity contribution is 0.459. The number of phenolic OH excluding ortho intramolecular Hbond substituents is 3. The molecule has 3 heteroatoms. The molecule has 2 aromatic carbocycles. The maximum atomic E-state index is 9.55. The molecular formula is C14H12O3. The molecule has 0 saturated carbocycles. The minimum atomic E-state index is 0.105. The predicted molar refractivity (Wildman–Crippen MR) is 66.8 cm³/mol. The van der Waals surface area contributed by atoms with Gasteiger partial charge in [-0.05, 0) is 35.9 Å². The van der Waals surface area contributed by atoms with Gasteiger partial charge in [-0.15, -0.1) is 0 Å². The van der Waals surface area contributed by atoms with Crippen molar-refractivity contribution in [3.05, 3.63) is 53.6 Å². The third-order valence-electron chi connectivity index (χ3n) is 2.36. The van der Waals surface area contributed by atoms with E-state index in [4.69, 9.17) is 5.11 Å². The SMILES string of the molecule is Oc1ccc(/C=C/c2cc(O)ccc2O)cc1. The first-order chi connectivity index (χ1) is 8.15. The van der Waals surface area contributed by atoms with Crippen LogP contribution < -0.4 is 0 Å². The van der Waals surface area contributed by atoms with E-state index in [-0.39, 0.29) is 17.2 Å². The maximum absolute atomic E-state index is 9.55. The van der Waals surface area contributed by atoms with Crippen molar-refractivity contribution in [3.63, 3.8) is 0 Å². The fourth-order valence-corrected chi connectivity index (χ4v) is 1.45. The van der Waals surface area contributed by atoms with Gasteiger partial charge in [-0.1, -0.05) is 24.3 Å². The number of aromatic hydroxyl groups is 3. The van der Waals surface area contributed by atoms with Gasteiger partial charge in [-0.3, -0.25) is 0 Å². The van der Waals surface area contributed by atoms with Crippen molar-refractivity contribution in [2.24, 2.45) is 0 Å². The van der Waals surface area contributed by atoms with Crippen LogP contribution in [0.2, 0.25) is 0 Å². The Morgan fingerprint density at radius 1 is 0.706 bits per heavy atom. The molecule has 3 nitrogen and oxygen atoms in total. The summed E-state index contributed by atoms with van der Waals surface area (Å²) in [5.74, 6) is 0.424. The summed E-state index contributed by atoms with van der Waals surface area (Å²) in [7, 11) is 0. The van der Waals surface area contributed by atoms with E-state index >= 15 is 0 Å². The van der Waals surface area contributed by atoms with Gasteiger partial charge in [0.15, 0.2) is 0 Å². The average molecular weight is 228 g/mol. The molecule has 0 aliphatic heterocycles. The fourth-order valence-electron chi connectivity index (χ4n) is 1.45. The summed E-state index contributed by atoms with van der Waals surface area (Å²) >= 11 is 0. The number of hydrogen-bond donors (Lipinski definition) is 3. The Kier molecular flexibility index (Phi) is 3.01. The van der Waals surface area contributed by atoms with Crippen LogP contribution in [0, 0.1) is 0 Å². The quantitative estimate of drug-likeness (QED) is 0.547. The summed E-state index contributed by atoms with van der Waals surface area (Å²) in [6, 6.07) is 11.0. The van der Waals surface area contributed by atoms with Gasteiger partial charge in [0.1, 0.15) is 17.2 Å². The molecule has 0 aromatic heterocycles. The third-order valence-corrected chi connectivity index (χ3v) is 2.36. The van der Waals surface area contributed by atoms with Crippen LogP contribution in [-0.4, -0.2) is 15.3 Å². The van der Waals surface area contributed by atoms with Gasteiger partial charge in [-0.2, -0.15) is 0 Å². The van der Waals surface area contributed by atoms with Crippen molar-refractivity contribution in [1.29, 1.82) is 0 Å². The molecule has 3 N–H and O–H groups in total. The number of hydrogen-bond acceptors (Lipinski definition) is 3. The second-order valence-electron chi connectivity index (χ2n) is 3.67. The Labute approximate surface area is 98.9 Å². The van der Waals surface area contributed by atoms with Crippen LogP contribution in [0.5, 0.6) is 17.2 Å². The molecule has 0 radical (unpaired) electrons. The second kappa shape index (κ2) is 4.61. The predicted octanol–water partition coefficient (Wildman–Crippen LogP) is 2.97. The highest BCUT2D eigenvalue weighted by Gasteiger charge is 1.98. The first-order valence-corrected chi connectivity index (χ1v) is 5.14. The Morgan fingerprint density at radius 3 is 2.06 bits per heavy atom. The molecule has 0 saturated heterocycles. The van der Waals surface area contributed by atoms with Gasteiger partial charge in [-0.25, -0.2) is 0 Å². The normalized spacial score (nSPS) is 10.8. The Morgan fingerprint density at radius 2 is 1.35 bits per heavy atom. The van der Waals surface area contributed by atoms with Crippen molar-refractivity contribution >= 4 is 12.2 Å². The Hall–Kier alpha value is -2.42. The molecule has 86 valence electrons. The molecule has 0 heterocycles. The lowest BCUT2D eigenvalue weighted by Crippen LogP contribution is -1.75. The summed E-state index contributed by atoms with van der Waals surface area (Å²) in [4.78, 5) is 0. The van der Waals surface area contributed by atoms with E-state index in [2.05, 4.69) is 0 Å². The van der Waals surface area contributed by atoms with E-state index in [0.717, 1.165) is 5.56 Å². The summed E-state index contributed by atoms with van der Waals surface area (Å²) in [5.41, 5.74) is 1.43. The molecule has 0 aliphatic carbocycles. The standard InChI is InChI=1S/C14H12O3/c15-12-5-2-10(3-6-12)1-4-11-9-13(16)7-8-14(11)17/h1-9,15-17H/b4-1+. The van der Waals surface area contributed by atoms with Crippen LogP contribution in [0.15, 0.2) is 42.5 Å². The molecule has 0 unspecified atom stereocenters. The van der Waals surface area contributed by atoms with Crippen molar-refractivity contribution in [3.8, 4) is 17.2 Å². The van der Waals surface area contributed by atoms with Crippen LogP contribution in [-0.2, 0) is 0 Å². The van der Waals surface area contributed by atoms with Gasteiger partial charge in [0.25, 0.3) is 0 Å². The Balaban J connectivity index is 2.25. The molecule has 2 aromatic rings. The van der Waals surface area contributed by atoms with Crippen molar-refractivity contribution in [2.75, 3.05) is 0 Å². The molecule has 0 fully saturated rings. The zero-order valence-corrected chi connectivity index (χ0v) is 9.04. The maximum Gasteiger partial charge on any atom is 0.123 e.